The molecule has 0 bridgehead atoms. The number of unbranched alkanes of at least 4 members (excludes halogenated alkanes) is 22. The Balaban J connectivity index is 3.78. The van der Waals surface area contributed by atoms with Crippen molar-refractivity contribution in [3.05, 3.63) is 24.3 Å². The zero-order chi connectivity index (χ0) is 33.8. The second-order valence-electron chi connectivity index (χ2n) is 13.9. The first kappa shape index (κ1) is 44.4. The molecule has 0 fully saturated rings. The van der Waals surface area contributed by atoms with E-state index in [-0.39, 0.29) is 24.6 Å². The fourth-order valence-electron chi connectivity index (χ4n) is 5.77. The monoisotopic (exact) mass is 649 g/mol. The van der Waals surface area contributed by atoms with Crippen LogP contribution in [0.4, 0.5) is 0 Å². The van der Waals surface area contributed by atoms with Crippen molar-refractivity contribution in [3.63, 3.8) is 0 Å². The van der Waals surface area contributed by atoms with Crippen LogP contribution in [-0.4, -0.2) is 45.3 Å². The third-order valence-electron chi connectivity index (χ3n) is 8.65. The molecule has 1 atom stereocenters. The van der Waals surface area contributed by atoms with Gasteiger partial charge in [0.15, 0.2) is 6.10 Å². The summed E-state index contributed by atoms with van der Waals surface area (Å²) in [6, 6.07) is 0. The summed E-state index contributed by atoms with van der Waals surface area (Å²) in [5.74, 6) is -0.345. The van der Waals surface area contributed by atoms with E-state index in [9.17, 15) is 9.59 Å². The van der Waals surface area contributed by atoms with Crippen LogP contribution in [0.5, 0.6) is 0 Å². The molecule has 0 aromatic rings. The van der Waals surface area contributed by atoms with E-state index in [1.807, 2.05) is 14.1 Å². The first-order valence-corrected chi connectivity index (χ1v) is 19.9. The molecule has 0 heterocycles. The molecule has 46 heavy (non-hydrogen) atoms. The van der Waals surface area contributed by atoms with Crippen LogP contribution in [-0.2, 0) is 19.1 Å². The number of quaternary nitrogens is 1. The maximum absolute atomic E-state index is 12.5. The van der Waals surface area contributed by atoms with Crippen LogP contribution in [0.25, 0.3) is 0 Å². The zero-order valence-corrected chi connectivity index (χ0v) is 31.2. The first-order valence-electron chi connectivity index (χ1n) is 19.9. The van der Waals surface area contributed by atoms with Crippen molar-refractivity contribution < 1.29 is 24.0 Å². The standard InChI is InChI=1S/C41H77NO4/c1-5-7-9-11-13-15-17-19-21-23-25-27-29-31-33-35-40(43)45-38-39(37-42(3)4)46-41(44)36-34-32-30-28-26-24-22-20-18-16-14-12-10-8-6-2/h19-22,39H,5-18,23-38H2,1-4H3/p+1/b21-19+,22-20+/t39-/m0/s1. The van der Waals surface area contributed by atoms with Crippen molar-refractivity contribution in [1.82, 2.24) is 0 Å². The largest absolute Gasteiger partial charge is 0.461 e. The van der Waals surface area contributed by atoms with Gasteiger partial charge in [-0.25, -0.2) is 0 Å². The Morgan fingerprint density at radius 2 is 0.848 bits per heavy atom. The Hall–Kier alpha value is -1.62. The number of allylic oxidation sites excluding steroid dienone is 4. The SMILES string of the molecule is CCCCCCCC/C=C/CCCCCCCC(=O)OC[C@H](C[NH+](C)C)OC(=O)CCCCCCC/C=C/CCCCCCCC. The summed E-state index contributed by atoms with van der Waals surface area (Å²) in [6.07, 6.45) is 42.1. The average Bonchev–Trinajstić information content (AvgIpc) is 3.03. The highest BCUT2D eigenvalue weighted by molar-refractivity contribution is 5.70. The van der Waals surface area contributed by atoms with Gasteiger partial charge in [-0.2, -0.15) is 0 Å². The minimum Gasteiger partial charge on any atom is -0.461 e. The molecule has 0 aliphatic carbocycles. The van der Waals surface area contributed by atoms with Gasteiger partial charge < -0.3 is 14.4 Å². The molecule has 5 heteroatoms. The molecule has 0 aromatic carbocycles. The number of esters is 2. The summed E-state index contributed by atoms with van der Waals surface area (Å²) in [7, 11) is 4.05. The fourth-order valence-corrected chi connectivity index (χ4v) is 5.77. The van der Waals surface area contributed by atoms with Crippen LogP contribution in [0.15, 0.2) is 24.3 Å². The average molecular weight is 649 g/mol. The summed E-state index contributed by atoms with van der Waals surface area (Å²) in [5, 5.41) is 0. The van der Waals surface area contributed by atoms with Gasteiger partial charge >= 0.3 is 11.9 Å². The molecular weight excluding hydrogens is 570 g/mol. The first-order chi connectivity index (χ1) is 22.5. The molecule has 0 rings (SSSR count). The van der Waals surface area contributed by atoms with E-state index in [2.05, 4.69) is 38.2 Å². The second kappa shape index (κ2) is 36.2. The molecule has 0 aliphatic heterocycles. The topological polar surface area (TPSA) is 57.0 Å². The number of carbonyl (C=O) groups is 2. The van der Waals surface area contributed by atoms with Gasteiger partial charge in [0.05, 0.1) is 14.1 Å². The molecule has 0 aliphatic rings. The molecule has 0 aromatic heterocycles. The lowest BCUT2D eigenvalue weighted by Gasteiger charge is -2.19. The molecule has 0 spiro atoms. The van der Waals surface area contributed by atoms with E-state index < -0.39 is 0 Å². The van der Waals surface area contributed by atoms with Gasteiger partial charge in [-0.3, -0.25) is 9.59 Å². The van der Waals surface area contributed by atoms with Crippen molar-refractivity contribution in [2.45, 2.75) is 200 Å². The van der Waals surface area contributed by atoms with E-state index in [1.165, 1.54) is 140 Å². The molecular formula is C41H78NO4+. The van der Waals surface area contributed by atoms with Gasteiger partial charge in [0.2, 0.25) is 0 Å². The molecule has 0 radical (unpaired) electrons. The predicted molar refractivity (Wildman–Crippen MR) is 197 cm³/mol. The number of carbonyl (C=O) groups excluding carboxylic acids is 2. The van der Waals surface area contributed by atoms with Gasteiger partial charge in [-0.15, -0.1) is 0 Å². The van der Waals surface area contributed by atoms with Crippen LogP contribution in [0.2, 0.25) is 0 Å². The second-order valence-corrected chi connectivity index (χ2v) is 13.9. The minimum atomic E-state index is -0.376. The van der Waals surface area contributed by atoms with Crippen molar-refractivity contribution in [3.8, 4) is 0 Å². The quantitative estimate of drug-likeness (QED) is 0.0422. The molecule has 1 N–H and O–H groups in total. The Morgan fingerprint density at radius 3 is 1.24 bits per heavy atom. The molecule has 0 unspecified atom stereocenters. The maximum Gasteiger partial charge on any atom is 0.306 e. The van der Waals surface area contributed by atoms with Gasteiger partial charge in [-0.05, 0) is 64.2 Å². The molecule has 0 saturated heterocycles. The highest BCUT2D eigenvalue weighted by Crippen LogP contribution is 2.12. The third-order valence-corrected chi connectivity index (χ3v) is 8.65. The predicted octanol–water partition coefficient (Wildman–Crippen LogP) is 10.7. The van der Waals surface area contributed by atoms with Crippen molar-refractivity contribution in [2.75, 3.05) is 27.2 Å². The zero-order valence-electron chi connectivity index (χ0n) is 31.2. The van der Waals surface area contributed by atoms with E-state index >= 15 is 0 Å². The number of hydrogen-bond donors (Lipinski definition) is 1. The number of nitrogens with one attached hydrogen (secondary N) is 1. The lowest BCUT2D eigenvalue weighted by molar-refractivity contribution is -0.861. The van der Waals surface area contributed by atoms with Crippen LogP contribution >= 0.6 is 0 Å². The van der Waals surface area contributed by atoms with Gasteiger partial charge in [0, 0.05) is 12.8 Å². The van der Waals surface area contributed by atoms with E-state index in [4.69, 9.17) is 9.47 Å². The van der Waals surface area contributed by atoms with Gasteiger partial charge in [0.1, 0.15) is 13.2 Å². The molecule has 270 valence electrons. The Bertz CT molecular complexity index is 717. The Morgan fingerprint density at radius 1 is 0.500 bits per heavy atom. The van der Waals surface area contributed by atoms with E-state index in [1.54, 1.807) is 0 Å². The lowest BCUT2D eigenvalue weighted by atomic mass is 10.1. The minimum absolute atomic E-state index is 0.160. The van der Waals surface area contributed by atoms with Gasteiger partial charge in [0.25, 0.3) is 0 Å². The summed E-state index contributed by atoms with van der Waals surface area (Å²) >= 11 is 0. The highest BCUT2D eigenvalue weighted by atomic mass is 16.6. The van der Waals surface area contributed by atoms with Gasteiger partial charge in [-0.1, -0.05) is 141 Å². The highest BCUT2D eigenvalue weighted by Gasteiger charge is 2.20. The van der Waals surface area contributed by atoms with E-state index in [0.717, 1.165) is 32.1 Å². The summed E-state index contributed by atoms with van der Waals surface area (Å²) < 4.78 is 11.2. The van der Waals surface area contributed by atoms with Crippen LogP contribution in [0.3, 0.4) is 0 Å². The maximum atomic E-state index is 12.5. The summed E-state index contributed by atoms with van der Waals surface area (Å²) in [6.45, 7) is 5.33. The molecule has 0 amide bonds. The normalized spacial score (nSPS) is 12.5. The number of ether oxygens (including phenoxy) is 2. The number of hydrogen-bond acceptors (Lipinski definition) is 4. The third kappa shape index (κ3) is 35.2. The van der Waals surface area contributed by atoms with Crippen molar-refractivity contribution in [1.29, 1.82) is 0 Å². The Labute approximate surface area is 286 Å². The number of likely N-dealkylation sites (N-methyl/N-ethyl adjacent to an activating group) is 1. The lowest BCUT2D eigenvalue weighted by Crippen LogP contribution is -3.07. The molecule has 0 saturated carbocycles. The fraction of sp³-hybridized carbons (Fsp3) is 0.854. The van der Waals surface area contributed by atoms with Crippen LogP contribution in [0.1, 0.15) is 194 Å². The van der Waals surface area contributed by atoms with E-state index in [0.29, 0.717) is 19.4 Å². The summed E-state index contributed by atoms with van der Waals surface area (Å²) in [4.78, 5) is 25.9. The van der Waals surface area contributed by atoms with Crippen molar-refractivity contribution >= 4 is 11.9 Å². The smallest absolute Gasteiger partial charge is 0.306 e. The summed E-state index contributed by atoms with van der Waals surface area (Å²) in [5.41, 5.74) is 0. The number of rotatable bonds is 35. The van der Waals surface area contributed by atoms with Crippen molar-refractivity contribution in [2.24, 2.45) is 0 Å². The molecule has 5 nitrogen and oxygen atoms in total. The Kier molecular flexibility index (Phi) is 34.9. The van der Waals surface area contributed by atoms with Crippen LogP contribution in [0, 0.1) is 0 Å². The van der Waals surface area contributed by atoms with Crippen LogP contribution < -0.4 is 4.90 Å².